The van der Waals surface area contributed by atoms with Gasteiger partial charge in [0.05, 0.1) is 23.6 Å². The molecule has 1 amide bonds. The summed E-state index contributed by atoms with van der Waals surface area (Å²) >= 11 is 0. The molecule has 2 aliphatic rings. The summed E-state index contributed by atoms with van der Waals surface area (Å²) in [6.45, 7) is 6.93. The Hall–Kier alpha value is -3.25. The zero-order valence-electron chi connectivity index (χ0n) is 18.1. The van der Waals surface area contributed by atoms with Gasteiger partial charge in [-0.25, -0.2) is 9.07 Å². The van der Waals surface area contributed by atoms with Gasteiger partial charge in [-0.3, -0.25) is 9.69 Å². The first-order valence-corrected chi connectivity index (χ1v) is 11.2. The van der Waals surface area contributed by atoms with E-state index >= 15 is 0 Å². The molecule has 32 heavy (non-hydrogen) atoms. The molecule has 0 atom stereocenters. The predicted molar refractivity (Wildman–Crippen MR) is 122 cm³/mol. The molecule has 3 aromatic rings. The lowest BCUT2D eigenvalue weighted by Gasteiger charge is -2.27. The highest BCUT2D eigenvalue weighted by Crippen LogP contribution is 2.32. The third-order valence-electron chi connectivity index (χ3n) is 6.27. The Morgan fingerprint density at radius 2 is 1.91 bits per heavy atom. The van der Waals surface area contributed by atoms with E-state index in [1.54, 1.807) is 12.1 Å². The van der Waals surface area contributed by atoms with Crippen LogP contribution in [0.5, 0.6) is 0 Å². The molecule has 1 aromatic heterocycles. The summed E-state index contributed by atoms with van der Waals surface area (Å²) in [7, 11) is 0. The number of hydrogen-bond acceptors (Lipinski definition) is 3. The molecular formula is C26H27FN4O. The molecule has 5 rings (SSSR count). The normalized spacial score (nSPS) is 15.9. The third-order valence-corrected chi connectivity index (χ3v) is 6.27. The zero-order chi connectivity index (χ0) is 22.1. The molecule has 5 nitrogen and oxygen atoms in total. The largest absolute Gasteiger partial charge is 0.330 e. The van der Waals surface area contributed by atoms with Crippen molar-refractivity contribution in [1.82, 2.24) is 19.6 Å². The van der Waals surface area contributed by atoms with Crippen LogP contribution in [-0.2, 0) is 19.5 Å². The molecule has 1 aliphatic carbocycles. The second-order valence-electron chi connectivity index (χ2n) is 8.56. The molecule has 2 aromatic carbocycles. The van der Waals surface area contributed by atoms with E-state index in [2.05, 4.69) is 23.6 Å². The van der Waals surface area contributed by atoms with Gasteiger partial charge in [0.2, 0.25) is 0 Å². The number of hydrogen-bond donors (Lipinski definition) is 0. The number of fused-ring (bicyclic) bond motifs is 1. The Labute approximate surface area is 187 Å². The maximum absolute atomic E-state index is 13.4. The van der Waals surface area contributed by atoms with E-state index in [1.807, 2.05) is 33.9 Å². The fourth-order valence-electron chi connectivity index (χ4n) is 4.46. The average molecular weight is 431 g/mol. The quantitative estimate of drug-likeness (QED) is 0.523. The number of halogens is 1. The van der Waals surface area contributed by atoms with E-state index in [-0.39, 0.29) is 17.8 Å². The van der Waals surface area contributed by atoms with Crippen molar-refractivity contribution < 1.29 is 9.18 Å². The van der Waals surface area contributed by atoms with Crippen LogP contribution >= 0.6 is 0 Å². The minimum Gasteiger partial charge on any atom is -0.330 e. The highest BCUT2D eigenvalue weighted by atomic mass is 19.1. The van der Waals surface area contributed by atoms with Crippen molar-refractivity contribution in [2.75, 3.05) is 13.1 Å². The van der Waals surface area contributed by atoms with Gasteiger partial charge in [-0.05, 0) is 49.2 Å². The zero-order valence-corrected chi connectivity index (χ0v) is 18.1. The van der Waals surface area contributed by atoms with Gasteiger partial charge in [0.1, 0.15) is 5.82 Å². The SMILES string of the molecule is C=CCN1CCc2c(c(CN(C(=O)c3ccc(F)cc3)C3CC3)nn2-c2ccccc2)C1. The minimum atomic E-state index is -0.336. The molecule has 1 aliphatic heterocycles. The second-order valence-corrected chi connectivity index (χ2v) is 8.56. The van der Waals surface area contributed by atoms with Crippen LogP contribution in [0.1, 0.15) is 40.2 Å². The molecule has 0 bridgehead atoms. The predicted octanol–water partition coefficient (Wildman–Crippen LogP) is 4.36. The number of benzene rings is 2. The molecule has 0 unspecified atom stereocenters. The van der Waals surface area contributed by atoms with Crippen molar-refractivity contribution in [2.24, 2.45) is 0 Å². The first kappa shape index (κ1) is 20.6. The highest BCUT2D eigenvalue weighted by molar-refractivity contribution is 5.94. The van der Waals surface area contributed by atoms with Crippen LogP contribution in [0.2, 0.25) is 0 Å². The molecule has 2 heterocycles. The second kappa shape index (κ2) is 8.71. The van der Waals surface area contributed by atoms with Crippen LogP contribution in [-0.4, -0.2) is 44.6 Å². The summed E-state index contributed by atoms with van der Waals surface area (Å²) in [5, 5.41) is 5.01. The molecule has 164 valence electrons. The van der Waals surface area contributed by atoms with Crippen molar-refractivity contribution >= 4 is 5.91 Å². The molecule has 6 heteroatoms. The van der Waals surface area contributed by atoms with Gasteiger partial charge >= 0.3 is 0 Å². The molecule has 0 radical (unpaired) electrons. The van der Waals surface area contributed by atoms with E-state index in [9.17, 15) is 9.18 Å². The number of rotatable bonds is 7. The Kier molecular flexibility index (Phi) is 5.62. The Balaban J connectivity index is 1.50. The molecule has 0 saturated heterocycles. The maximum atomic E-state index is 13.4. The summed E-state index contributed by atoms with van der Waals surface area (Å²) in [6.07, 6.45) is 4.83. The first-order valence-electron chi connectivity index (χ1n) is 11.2. The van der Waals surface area contributed by atoms with Crippen molar-refractivity contribution in [3.63, 3.8) is 0 Å². The van der Waals surface area contributed by atoms with Gasteiger partial charge < -0.3 is 4.90 Å². The van der Waals surface area contributed by atoms with Gasteiger partial charge in [-0.1, -0.05) is 24.3 Å². The first-order chi connectivity index (χ1) is 15.6. The van der Waals surface area contributed by atoms with Gasteiger partial charge in [-0.15, -0.1) is 6.58 Å². The van der Waals surface area contributed by atoms with E-state index in [1.165, 1.54) is 23.4 Å². The van der Waals surface area contributed by atoms with Gasteiger partial charge in [0.25, 0.3) is 5.91 Å². The van der Waals surface area contributed by atoms with Crippen molar-refractivity contribution in [2.45, 2.75) is 38.4 Å². The summed E-state index contributed by atoms with van der Waals surface area (Å²) < 4.78 is 15.4. The van der Waals surface area contributed by atoms with Crippen LogP contribution in [0.25, 0.3) is 5.69 Å². The number of aromatic nitrogens is 2. The van der Waals surface area contributed by atoms with E-state index in [0.717, 1.165) is 50.3 Å². The number of carbonyl (C=O) groups is 1. The summed E-state index contributed by atoms with van der Waals surface area (Å²) in [4.78, 5) is 17.6. The Morgan fingerprint density at radius 1 is 1.16 bits per heavy atom. The summed E-state index contributed by atoms with van der Waals surface area (Å²) in [5.74, 6) is -0.397. The Morgan fingerprint density at radius 3 is 2.59 bits per heavy atom. The van der Waals surface area contributed by atoms with E-state index < -0.39 is 0 Å². The van der Waals surface area contributed by atoms with E-state index in [4.69, 9.17) is 5.10 Å². The van der Waals surface area contributed by atoms with Crippen LogP contribution in [0.3, 0.4) is 0 Å². The average Bonchev–Trinajstić information content (AvgIpc) is 3.60. The lowest BCUT2D eigenvalue weighted by molar-refractivity contribution is 0.0726. The number of para-hydroxylation sites is 1. The van der Waals surface area contributed by atoms with Crippen LogP contribution < -0.4 is 0 Å². The molecule has 1 fully saturated rings. The van der Waals surface area contributed by atoms with Crippen molar-refractivity contribution in [1.29, 1.82) is 0 Å². The molecule has 0 N–H and O–H groups in total. The summed E-state index contributed by atoms with van der Waals surface area (Å²) in [6, 6.07) is 16.2. The molecule has 0 spiro atoms. The summed E-state index contributed by atoms with van der Waals surface area (Å²) in [5.41, 5.74) is 4.92. The van der Waals surface area contributed by atoms with Crippen molar-refractivity contribution in [3.8, 4) is 5.69 Å². The van der Waals surface area contributed by atoms with E-state index in [0.29, 0.717) is 12.1 Å². The highest BCUT2D eigenvalue weighted by Gasteiger charge is 2.35. The standard InChI is InChI=1S/C26H27FN4O/c1-2-15-29-16-14-25-23(17-29)24(28-31(25)22-6-4-3-5-7-22)18-30(21-12-13-21)26(32)19-8-10-20(27)11-9-19/h2-11,21H,1,12-18H2. The number of nitrogens with zero attached hydrogens (tertiary/aromatic N) is 4. The number of amides is 1. The number of carbonyl (C=O) groups excluding carboxylic acids is 1. The van der Waals surface area contributed by atoms with Gasteiger partial charge in [0.15, 0.2) is 0 Å². The smallest absolute Gasteiger partial charge is 0.254 e. The minimum absolute atomic E-state index is 0.0609. The molecular weight excluding hydrogens is 403 g/mol. The van der Waals surface area contributed by atoms with Crippen LogP contribution in [0, 0.1) is 5.82 Å². The topological polar surface area (TPSA) is 41.4 Å². The Bertz CT molecular complexity index is 1120. The van der Waals surface area contributed by atoms with Gasteiger partial charge in [0, 0.05) is 43.2 Å². The van der Waals surface area contributed by atoms with Crippen molar-refractivity contribution in [3.05, 3.63) is 95.6 Å². The fraction of sp³-hybridized carbons (Fsp3) is 0.308. The monoisotopic (exact) mass is 430 g/mol. The van der Waals surface area contributed by atoms with Crippen LogP contribution in [0.4, 0.5) is 4.39 Å². The fourth-order valence-corrected chi connectivity index (χ4v) is 4.46. The van der Waals surface area contributed by atoms with Crippen LogP contribution in [0.15, 0.2) is 67.3 Å². The molecule has 1 saturated carbocycles. The lowest BCUT2D eigenvalue weighted by atomic mass is 10.0. The lowest BCUT2D eigenvalue weighted by Crippen LogP contribution is -2.34. The maximum Gasteiger partial charge on any atom is 0.254 e. The van der Waals surface area contributed by atoms with Gasteiger partial charge in [-0.2, -0.15) is 5.10 Å². The third kappa shape index (κ3) is 4.10.